The standard InChI is InChI=1S/C12H16BrNO2/c1-3-11(15)7-14-12(16)9-4-8(2)5-10(13)6-9/h4-6,11,15H,3,7H2,1-2H3,(H,14,16). The summed E-state index contributed by atoms with van der Waals surface area (Å²) in [6, 6.07) is 5.52. The Morgan fingerprint density at radius 2 is 2.19 bits per heavy atom. The number of nitrogens with one attached hydrogen (secondary N) is 1. The first-order valence-electron chi connectivity index (χ1n) is 5.26. The predicted octanol–water partition coefficient (Wildman–Crippen LogP) is 2.26. The zero-order chi connectivity index (χ0) is 12.1. The third-order valence-electron chi connectivity index (χ3n) is 2.27. The quantitative estimate of drug-likeness (QED) is 0.892. The number of aliphatic hydroxyl groups is 1. The molecular weight excluding hydrogens is 270 g/mol. The maximum atomic E-state index is 11.7. The summed E-state index contributed by atoms with van der Waals surface area (Å²) in [6.45, 7) is 4.10. The maximum absolute atomic E-state index is 11.7. The van der Waals surface area contributed by atoms with E-state index in [-0.39, 0.29) is 5.91 Å². The van der Waals surface area contributed by atoms with Crippen LogP contribution in [-0.4, -0.2) is 23.7 Å². The first-order chi connectivity index (χ1) is 7.52. The van der Waals surface area contributed by atoms with Crippen LogP contribution >= 0.6 is 15.9 Å². The summed E-state index contributed by atoms with van der Waals surface area (Å²) in [6.07, 6.45) is 0.162. The van der Waals surface area contributed by atoms with Crippen LogP contribution in [0.2, 0.25) is 0 Å². The molecular formula is C12H16BrNO2. The normalized spacial score (nSPS) is 12.2. The Bertz CT molecular complexity index is 359. The molecule has 1 atom stereocenters. The van der Waals surface area contributed by atoms with Crippen molar-refractivity contribution in [2.24, 2.45) is 0 Å². The van der Waals surface area contributed by atoms with Gasteiger partial charge >= 0.3 is 0 Å². The monoisotopic (exact) mass is 285 g/mol. The lowest BCUT2D eigenvalue weighted by Gasteiger charge is -2.10. The molecule has 1 aromatic carbocycles. The number of rotatable bonds is 4. The molecule has 1 rings (SSSR count). The summed E-state index contributed by atoms with van der Waals surface area (Å²) in [4.78, 5) is 11.7. The topological polar surface area (TPSA) is 49.3 Å². The molecule has 1 aromatic rings. The first-order valence-corrected chi connectivity index (χ1v) is 6.05. The maximum Gasteiger partial charge on any atom is 0.251 e. The molecule has 0 aromatic heterocycles. The number of carbonyl (C=O) groups is 1. The largest absolute Gasteiger partial charge is 0.391 e. The van der Waals surface area contributed by atoms with Crippen molar-refractivity contribution >= 4 is 21.8 Å². The van der Waals surface area contributed by atoms with Crippen LogP contribution < -0.4 is 5.32 Å². The highest BCUT2D eigenvalue weighted by atomic mass is 79.9. The Balaban J connectivity index is 2.66. The van der Waals surface area contributed by atoms with Crippen LogP contribution in [0.15, 0.2) is 22.7 Å². The van der Waals surface area contributed by atoms with Crippen molar-refractivity contribution in [3.63, 3.8) is 0 Å². The Morgan fingerprint density at radius 3 is 2.75 bits per heavy atom. The van der Waals surface area contributed by atoms with Gasteiger partial charge in [0.1, 0.15) is 0 Å². The molecule has 0 aliphatic heterocycles. The molecule has 0 radical (unpaired) electrons. The van der Waals surface area contributed by atoms with Crippen molar-refractivity contribution in [2.45, 2.75) is 26.4 Å². The number of benzene rings is 1. The minimum absolute atomic E-state index is 0.156. The summed E-state index contributed by atoms with van der Waals surface area (Å²) < 4.78 is 0.883. The molecule has 16 heavy (non-hydrogen) atoms. The molecule has 88 valence electrons. The third-order valence-corrected chi connectivity index (χ3v) is 2.73. The van der Waals surface area contributed by atoms with E-state index in [0.717, 1.165) is 10.0 Å². The van der Waals surface area contributed by atoms with E-state index >= 15 is 0 Å². The molecule has 0 saturated carbocycles. The highest BCUT2D eigenvalue weighted by Crippen LogP contribution is 2.15. The van der Waals surface area contributed by atoms with E-state index in [0.29, 0.717) is 18.5 Å². The fraction of sp³-hybridized carbons (Fsp3) is 0.417. The van der Waals surface area contributed by atoms with Gasteiger partial charge in [0.2, 0.25) is 0 Å². The SMILES string of the molecule is CCC(O)CNC(=O)c1cc(C)cc(Br)c1. The molecule has 4 heteroatoms. The van der Waals surface area contributed by atoms with E-state index in [1.54, 1.807) is 6.07 Å². The van der Waals surface area contributed by atoms with Crippen LogP contribution in [0, 0.1) is 6.92 Å². The van der Waals surface area contributed by atoms with Crippen LogP contribution in [0.3, 0.4) is 0 Å². The second kappa shape index (κ2) is 6.01. The van der Waals surface area contributed by atoms with Gasteiger partial charge in [0, 0.05) is 16.6 Å². The number of aryl methyl sites for hydroxylation is 1. The zero-order valence-electron chi connectivity index (χ0n) is 9.46. The summed E-state index contributed by atoms with van der Waals surface area (Å²) in [7, 11) is 0. The van der Waals surface area contributed by atoms with Crippen molar-refractivity contribution in [3.8, 4) is 0 Å². The number of hydrogen-bond acceptors (Lipinski definition) is 2. The minimum Gasteiger partial charge on any atom is -0.391 e. The van der Waals surface area contributed by atoms with Gasteiger partial charge in [0.05, 0.1) is 6.10 Å². The second-order valence-electron chi connectivity index (χ2n) is 3.79. The van der Waals surface area contributed by atoms with Crippen molar-refractivity contribution in [1.29, 1.82) is 0 Å². The van der Waals surface area contributed by atoms with Gasteiger partial charge in [-0.3, -0.25) is 4.79 Å². The lowest BCUT2D eigenvalue weighted by molar-refractivity contribution is 0.0913. The molecule has 3 nitrogen and oxygen atoms in total. The summed E-state index contributed by atoms with van der Waals surface area (Å²) in [5.41, 5.74) is 1.63. The Kier molecular flexibility index (Phi) is 4.96. The van der Waals surface area contributed by atoms with Crippen LogP contribution in [0.25, 0.3) is 0 Å². The minimum atomic E-state index is -0.475. The fourth-order valence-electron chi connectivity index (χ4n) is 1.32. The number of amides is 1. The summed E-state index contributed by atoms with van der Waals surface area (Å²) >= 11 is 3.35. The van der Waals surface area contributed by atoms with E-state index in [4.69, 9.17) is 0 Å². The molecule has 0 bridgehead atoms. The van der Waals surface area contributed by atoms with E-state index in [1.807, 2.05) is 26.0 Å². The smallest absolute Gasteiger partial charge is 0.251 e. The average molecular weight is 286 g/mol. The van der Waals surface area contributed by atoms with Crippen LogP contribution in [-0.2, 0) is 0 Å². The summed E-state index contributed by atoms with van der Waals surface area (Å²) in [5, 5.41) is 12.0. The van der Waals surface area contributed by atoms with Crippen LogP contribution in [0.4, 0.5) is 0 Å². The lowest BCUT2D eigenvalue weighted by Crippen LogP contribution is -2.31. The van der Waals surface area contributed by atoms with E-state index in [2.05, 4.69) is 21.2 Å². The highest BCUT2D eigenvalue weighted by molar-refractivity contribution is 9.10. The van der Waals surface area contributed by atoms with Gasteiger partial charge in [0.25, 0.3) is 5.91 Å². The number of halogens is 1. The van der Waals surface area contributed by atoms with E-state index < -0.39 is 6.10 Å². The van der Waals surface area contributed by atoms with Gasteiger partial charge in [-0.15, -0.1) is 0 Å². The molecule has 0 aliphatic rings. The Labute approximate surface area is 104 Å². The molecule has 0 heterocycles. The number of carbonyl (C=O) groups excluding carboxylic acids is 1. The van der Waals surface area contributed by atoms with Gasteiger partial charge in [-0.1, -0.05) is 22.9 Å². The van der Waals surface area contributed by atoms with Crippen LogP contribution in [0.1, 0.15) is 29.3 Å². The fourth-order valence-corrected chi connectivity index (χ4v) is 1.93. The second-order valence-corrected chi connectivity index (χ2v) is 4.71. The third kappa shape index (κ3) is 3.94. The molecule has 0 fully saturated rings. The lowest BCUT2D eigenvalue weighted by atomic mass is 10.1. The number of hydrogen-bond donors (Lipinski definition) is 2. The van der Waals surface area contributed by atoms with E-state index in [1.165, 1.54) is 0 Å². The van der Waals surface area contributed by atoms with E-state index in [9.17, 15) is 9.90 Å². The van der Waals surface area contributed by atoms with Crippen molar-refractivity contribution in [1.82, 2.24) is 5.32 Å². The number of aliphatic hydroxyl groups excluding tert-OH is 1. The molecule has 1 amide bonds. The molecule has 0 aliphatic carbocycles. The molecule has 0 spiro atoms. The molecule has 2 N–H and O–H groups in total. The first kappa shape index (κ1) is 13.2. The van der Waals surface area contributed by atoms with Gasteiger partial charge in [0.15, 0.2) is 0 Å². The van der Waals surface area contributed by atoms with Crippen molar-refractivity contribution in [3.05, 3.63) is 33.8 Å². The Hall–Kier alpha value is -0.870. The zero-order valence-corrected chi connectivity index (χ0v) is 11.0. The molecule has 1 unspecified atom stereocenters. The molecule has 0 saturated heterocycles. The predicted molar refractivity (Wildman–Crippen MR) is 67.5 cm³/mol. The van der Waals surface area contributed by atoms with Gasteiger partial charge < -0.3 is 10.4 Å². The Morgan fingerprint density at radius 1 is 1.50 bits per heavy atom. The van der Waals surface area contributed by atoms with Gasteiger partial charge in [-0.05, 0) is 37.1 Å². The van der Waals surface area contributed by atoms with Gasteiger partial charge in [-0.25, -0.2) is 0 Å². The average Bonchev–Trinajstić information content (AvgIpc) is 2.23. The highest BCUT2D eigenvalue weighted by Gasteiger charge is 2.08. The van der Waals surface area contributed by atoms with Crippen molar-refractivity contribution < 1.29 is 9.90 Å². The summed E-state index contributed by atoms with van der Waals surface area (Å²) in [5.74, 6) is -0.156. The van der Waals surface area contributed by atoms with Crippen LogP contribution in [0.5, 0.6) is 0 Å². The van der Waals surface area contributed by atoms with Gasteiger partial charge in [-0.2, -0.15) is 0 Å². The van der Waals surface area contributed by atoms with Crippen molar-refractivity contribution in [2.75, 3.05) is 6.54 Å².